The third kappa shape index (κ3) is 5.10. The van der Waals surface area contributed by atoms with Gasteiger partial charge in [-0.3, -0.25) is 9.59 Å². The van der Waals surface area contributed by atoms with Crippen molar-refractivity contribution in [2.45, 2.75) is 6.42 Å². The number of hydrogen-bond acceptors (Lipinski definition) is 3. The molecule has 4 aromatic carbocycles. The third-order valence-corrected chi connectivity index (χ3v) is 5.96. The lowest BCUT2D eigenvalue weighted by molar-refractivity contribution is 0.0988. The van der Waals surface area contributed by atoms with Crippen LogP contribution in [0.25, 0.3) is 0 Å². The smallest absolute Gasteiger partial charge is 0.322 e. The molecule has 0 unspecified atom stereocenters. The van der Waals surface area contributed by atoms with Crippen LogP contribution in [0.2, 0.25) is 0 Å². The van der Waals surface area contributed by atoms with Crippen molar-refractivity contribution in [3.8, 4) is 0 Å². The molecule has 7 nitrogen and oxygen atoms in total. The van der Waals surface area contributed by atoms with Crippen LogP contribution in [0.1, 0.15) is 26.3 Å². The Balaban J connectivity index is 1.17. The molecule has 1 heterocycles. The van der Waals surface area contributed by atoms with Crippen LogP contribution < -0.4 is 20.9 Å². The van der Waals surface area contributed by atoms with Gasteiger partial charge in [0.1, 0.15) is 0 Å². The predicted molar refractivity (Wildman–Crippen MR) is 142 cm³/mol. The quantitative estimate of drug-likeness (QED) is 0.341. The molecule has 0 bridgehead atoms. The standard InChI is InChI=1S/C29H24N4O3/c34-27(21-10-14-25(15-11-21)32-29(36)31-23-7-2-1-3-8-23)30-24-16-12-22(13-17-24)28(35)33-19-18-20-6-4-5-9-26(20)33/h1-17H,18-19H2,(H,30,34)(H2,31,32,36). The number of urea groups is 1. The summed E-state index contributed by atoms with van der Waals surface area (Å²) >= 11 is 0. The summed E-state index contributed by atoms with van der Waals surface area (Å²) < 4.78 is 0. The summed E-state index contributed by atoms with van der Waals surface area (Å²) in [5, 5.41) is 8.31. The van der Waals surface area contributed by atoms with E-state index in [0.29, 0.717) is 34.7 Å². The van der Waals surface area contributed by atoms with Crippen LogP contribution in [0, 0.1) is 0 Å². The topological polar surface area (TPSA) is 90.5 Å². The van der Waals surface area contributed by atoms with Gasteiger partial charge in [0, 0.05) is 40.4 Å². The van der Waals surface area contributed by atoms with E-state index in [9.17, 15) is 14.4 Å². The Morgan fingerprint density at radius 3 is 1.83 bits per heavy atom. The number of anilines is 4. The lowest BCUT2D eigenvalue weighted by atomic mass is 10.1. The Kier molecular flexibility index (Phi) is 6.44. The SMILES string of the molecule is O=C(Nc1ccccc1)Nc1ccc(C(=O)Nc2ccc(C(=O)N3CCc4ccccc43)cc2)cc1. The highest BCUT2D eigenvalue weighted by atomic mass is 16.2. The maximum Gasteiger partial charge on any atom is 0.323 e. The molecule has 0 aromatic heterocycles. The Bertz CT molecular complexity index is 1400. The van der Waals surface area contributed by atoms with Crippen LogP contribution in [0.4, 0.5) is 27.5 Å². The summed E-state index contributed by atoms with van der Waals surface area (Å²) in [7, 11) is 0. The fourth-order valence-corrected chi connectivity index (χ4v) is 4.12. The second kappa shape index (κ2) is 10.1. The molecule has 0 saturated heterocycles. The van der Waals surface area contributed by atoms with Gasteiger partial charge in [0.25, 0.3) is 11.8 Å². The molecule has 4 aromatic rings. The molecule has 178 valence electrons. The second-order valence-corrected chi connectivity index (χ2v) is 8.39. The number of nitrogens with one attached hydrogen (secondary N) is 3. The number of hydrogen-bond donors (Lipinski definition) is 3. The molecule has 1 aliphatic heterocycles. The van der Waals surface area contributed by atoms with Crippen molar-refractivity contribution < 1.29 is 14.4 Å². The minimum absolute atomic E-state index is 0.0581. The molecule has 0 atom stereocenters. The van der Waals surface area contributed by atoms with Crippen molar-refractivity contribution >= 4 is 40.6 Å². The molecule has 0 radical (unpaired) electrons. The van der Waals surface area contributed by atoms with E-state index < -0.39 is 0 Å². The van der Waals surface area contributed by atoms with Crippen LogP contribution >= 0.6 is 0 Å². The molecule has 0 spiro atoms. The van der Waals surface area contributed by atoms with Crippen LogP contribution in [-0.4, -0.2) is 24.4 Å². The fourth-order valence-electron chi connectivity index (χ4n) is 4.12. The van der Waals surface area contributed by atoms with Gasteiger partial charge in [-0.15, -0.1) is 0 Å². The lowest BCUT2D eigenvalue weighted by Gasteiger charge is -2.17. The van der Waals surface area contributed by atoms with Crippen molar-refractivity contribution in [3.63, 3.8) is 0 Å². The van der Waals surface area contributed by atoms with Gasteiger partial charge in [-0.1, -0.05) is 36.4 Å². The molecular weight excluding hydrogens is 452 g/mol. The molecule has 7 heteroatoms. The first-order valence-electron chi connectivity index (χ1n) is 11.6. The van der Waals surface area contributed by atoms with Crippen molar-refractivity contribution in [1.82, 2.24) is 0 Å². The van der Waals surface area contributed by atoms with Gasteiger partial charge in [-0.05, 0) is 78.7 Å². The molecule has 0 fully saturated rings. The van der Waals surface area contributed by atoms with Gasteiger partial charge >= 0.3 is 6.03 Å². The first-order valence-corrected chi connectivity index (χ1v) is 11.6. The number of carbonyl (C=O) groups excluding carboxylic acids is 3. The van der Waals surface area contributed by atoms with Gasteiger partial charge in [-0.25, -0.2) is 4.79 Å². The summed E-state index contributed by atoms with van der Waals surface area (Å²) in [5.41, 5.74) is 4.97. The Morgan fingerprint density at radius 2 is 1.14 bits per heavy atom. The molecular formula is C29H24N4O3. The zero-order valence-electron chi connectivity index (χ0n) is 19.4. The summed E-state index contributed by atoms with van der Waals surface area (Å²) in [6.07, 6.45) is 0.849. The summed E-state index contributed by atoms with van der Waals surface area (Å²) in [5.74, 6) is -0.347. The highest BCUT2D eigenvalue weighted by Crippen LogP contribution is 2.29. The van der Waals surface area contributed by atoms with Gasteiger partial charge in [-0.2, -0.15) is 0 Å². The van der Waals surface area contributed by atoms with Gasteiger partial charge < -0.3 is 20.9 Å². The van der Waals surface area contributed by atoms with Crippen LogP contribution in [0.15, 0.2) is 103 Å². The summed E-state index contributed by atoms with van der Waals surface area (Å²) in [6.45, 7) is 0.662. The van der Waals surface area contributed by atoms with E-state index in [4.69, 9.17) is 0 Å². The number of rotatable bonds is 5. The third-order valence-electron chi connectivity index (χ3n) is 5.96. The number of fused-ring (bicyclic) bond motifs is 1. The molecule has 0 saturated carbocycles. The Morgan fingerprint density at radius 1 is 0.583 bits per heavy atom. The number of nitrogens with zero attached hydrogens (tertiary/aromatic N) is 1. The predicted octanol–water partition coefficient (Wildman–Crippen LogP) is 5.79. The Labute approximate surface area is 208 Å². The normalized spacial score (nSPS) is 11.9. The largest absolute Gasteiger partial charge is 0.323 e. The average molecular weight is 477 g/mol. The number of benzene rings is 4. The molecule has 1 aliphatic rings. The first-order chi connectivity index (χ1) is 17.6. The fraction of sp³-hybridized carbons (Fsp3) is 0.0690. The van der Waals surface area contributed by atoms with E-state index in [1.807, 2.05) is 42.5 Å². The molecule has 4 amide bonds. The molecule has 36 heavy (non-hydrogen) atoms. The summed E-state index contributed by atoms with van der Waals surface area (Å²) in [4.78, 5) is 39.6. The Hall–Kier alpha value is -4.91. The van der Waals surface area contributed by atoms with E-state index in [1.165, 1.54) is 5.56 Å². The van der Waals surface area contributed by atoms with E-state index in [0.717, 1.165) is 12.1 Å². The monoisotopic (exact) mass is 476 g/mol. The van der Waals surface area contributed by atoms with E-state index >= 15 is 0 Å². The highest BCUT2D eigenvalue weighted by molar-refractivity contribution is 6.08. The zero-order chi connectivity index (χ0) is 24.9. The van der Waals surface area contributed by atoms with Gasteiger partial charge in [0.2, 0.25) is 0 Å². The van der Waals surface area contributed by atoms with E-state index in [-0.39, 0.29) is 17.8 Å². The van der Waals surface area contributed by atoms with Gasteiger partial charge in [0.05, 0.1) is 0 Å². The average Bonchev–Trinajstić information content (AvgIpc) is 3.34. The zero-order valence-corrected chi connectivity index (χ0v) is 19.4. The van der Waals surface area contributed by atoms with Crippen molar-refractivity contribution in [3.05, 3.63) is 120 Å². The van der Waals surface area contributed by atoms with E-state index in [1.54, 1.807) is 65.6 Å². The van der Waals surface area contributed by atoms with Crippen LogP contribution in [0.3, 0.4) is 0 Å². The van der Waals surface area contributed by atoms with Crippen molar-refractivity contribution in [2.24, 2.45) is 0 Å². The van der Waals surface area contributed by atoms with E-state index in [2.05, 4.69) is 16.0 Å². The maximum absolute atomic E-state index is 13.0. The van der Waals surface area contributed by atoms with Crippen LogP contribution in [0.5, 0.6) is 0 Å². The molecule has 5 rings (SSSR count). The van der Waals surface area contributed by atoms with Crippen molar-refractivity contribution in [2.75, 3.05) is 27.4 Å². The lowest BCUT2D eigenvalue weighted by Crippen LogP contribution is -2.28. The number of carbonyl (C=O) groups is 3. The molecule has 0 aliphatic carbocycles. The second-order valence-electron chi connectivity index (χ2n) is 8.39. The minimum atomic E-state index is -0.370. The first kappa shape index (κ1) is 22.9. The maximum atomic E-state index is 13.0. The molecule has 3 N–H and O–H groups in total. The van der Waals surface area contributed by atoms with Crippen LogP contribution in [-0.2, 0) is 6.42 Å². The highest BCUT2D eigenvalue weighted by Gasteiger charge is 2.25. The minimum Gasteiger partial charge on any atom is -0.322 e. The van der Waals surface area contributed by atoms with Gasteiger partial charge in [0.15, 0.2) is 0 Å². The number of amides is 4. The summed E-state index contributed by atoms with van der Waals surface area (Å²) in [6, 6.07) is 30.2. The number of para-hydroxylation sites is 2. The van der Waals surface area contributed by atoms with Crippen molar-refractivity contribution in [1.29, 1.82) is 0 Å².